The lowest BCUT2D eigenvalue weighted by molar-refractivity contribution is 0.815. The molecule has 1 heterocycles. The minimum atomic E-state index is 0.783. The van der Waals surface area contributed by atoms with Gasteiger partial charge in [0.05, 0.1) is 6.54 Å². The van der Waals surface area contributed by atoms with E-state index < -0.39 is 0 Å². The van der Waals surface area contributed by atoms with Gasteiger partial charge in [0.1, 0.15) is 0 Å². The molecular weight excluding hydrogens is 242 g/mol. The van der Waals surface area contributed by atoms with Crippen molar-refractivity contribution < 1.29 is 0 Å². The van der Waals surface area contributed by atoms with Crippen LogP contribution in [0.15, 0.2) is 52.8 Å². The molecule has 0 aliphatic carbocycles. The van der Waals surface area contributed by atoms with Gasteiger partial charge in [-0.05, 0) is 17.0 Å². The number of aliphatic imine (C=N–C) groups is 1. The predicted molar refractivity (Wildman–Crippen MR) is 77.8 cm³/mol. The highest BCUT2D eigenvalue weighted by Gasteiger charge is 1.98. The number of guanidine groups is 1. The van der Waals surface area contributed by atoms with Gasteiger partial charge < -0.3 is 10.6 Å². The quantitative estimate of drug-likeness (QED) is 0.654. The summed E-state index contributed by atoms with van der Waals surface area (Å²) in [6.45, 7) is 1.59. The molecule has 2 aromatic rings. The van der Waals surface area contributed by atoms with Crippen molar-refractivity contribution >= 4 is 17.3 Å². The van der Waals surface area contributed by atoms with E-state index in [1.807, 2.05) is 18.2 Å². The molecule has 0 bridgehead atoms. The highest BCUT2D eigenvalue weighted by Crippen LogP contribution is 2.07. The van der Waals surface area contributed by atoms with E-state index in [4.69, 9.17) is 0 Å². The monoisotopic (exact) mass is 259 g/mol. The Labute approximate surface area is 112 Å². The summed E-state index contributed by atoms with van der Waals surface area (Å²) < 4.78 is 0. The largest absolute Gasteiger partial charge is 0.352 e. The fourth-order valence-electron chi connectivity index (χ4n) is 1.59. The van der Waals surface area contributed by atoms with Gasteiger partial charge in [-0.25, -0.2) is 0 Å². The van der Waals surface area contributed by atoms with Gasteiger partial charge >= 0.3 is 0 Å². The summed E-state index contributed by atoms with van der Waals surface area (Å²) in [4.78, 5) is 5.50. The molecule has 0 saturated heterocycles. The van der Waals surface area contributed by atoms with Gasteiger partial charge in [-0.3, -0.25) is 4.99 Å². The minimum absolute atomic E-state index is 0.783. The van der Waals surface area contributed by atoms with Crippen molar-refractivity contribution in [2.24, 2.45) is 4.99 Å². The average molecular weight is 259 g/mol. The Balaban J connectivity index is 1.79. The van der Waals surface area contributed by atoms with Crippen molar-refractivity contribution in [2.75, 3.05) is 7.05 Å². The van der Waals surface area contributed by atoms with E-state index in [-0.39, 0.29) is 0 Å². The summed E-state index contributed by atoms with van der Waals surface area (Å²) in [7, 11) is 1.79. The zero-order valence-corrected chi connectivity index (χ0v) is 11.2. The smallest absolute Gasteiger partial charge is 0.191 e. The van der Waals surface area contributed by atoms with Crippen LogP contribution in [0.25, 0.3) is 0 Å². The molecule has 0 aliphatic heterocycles. The fourth-order valence-corrected chi connectivity index (χ4v) is 2.23. The lowest BCUT2D eigenvalue weighted by Gasteiger charge is -2.11. The van der Waals surface area contributed by atoms with Gasteiger partial charge in [0.25, 0.3) is 0 Å². The maximum Gasteiger partial charge on any atom is 0.191 e. The maximum absolute atomic E-state index is 4.20. The lowest BCUT2D eigenvalue weighted by atomic mass is 10.2. The molecule has 4 heteroatoms. The van der Waals surface area contributed by atoms with Crippen molar-refractivity contribution in [1.82, 2.24) is 10.6 Å². The van der Waals surface area contributed by atoms with Gasteiger partial charge in [-0.2, -0.15) is 0 Å². The van der Waals surface area contributed by atoms with Crippen LogP contribution in [0.5, 0.6) is 0 Å². The van der Waals surface area contributed by atoms with E-state index in [1.165, 1.54) is 10.4 Å². The van der Waals surface area contributed by atoms with Crippen LogP contribution in [0.2, 0.25) is 0 Å². The third-order valence-corrected chi connectivity index (χ3v) is 3.41. The Morgan fingerprint density at radius 2 is 1.83 bits per heavy atom. The minimum Gasteiger partial charge on any atom is -0.352 e. The van der Waals surface area contributed by atoms with Gasteiger partial charge in [0.15, 0.2) is 5.96 Å². The first-order chi connectivity index (χ1) is 8.88. The summed E-state index contributed by atoms with van der Waals surface area (Å²) in [5.41, 5.74) is 1.25. The van der Waals surface area contributed by atoms with E-state index >= 15 is 0 Å². The number of thiophene rings is 1. The normalized spacial score (nSPS) is 11.3. The Hall–Kier alpha value is -1.81. The molecule has 0 unspecified atom stereocenters. The van der Waals surface area contributed by atoms with E-state index in [0.717, 1.165) is 19.0 Å². The summed E-state index contributed by atoms with van der Waals surface area (Å²) in [5.74, 6) is 0.826. The molecule has 3 nitrogen and oxygen atoms in total. The maximum atomic E-state index is 4.20. The molecule has 0 amide bonds. The summed E-state index contributed by atoms with van der Waals surface area (Å²) in [5, 5.41) is 8.66. The van der Waals surface area contributed by atoms with Gasteiger partial charge in [0, 0.05) is 18.5 Å². The van der Waals surface area contributed by atoms with Crippen LogP contribution in [0.1, 0.15) is 10.4 Å². The summed E-state index contributed by atoms with van der Waals surface area (Å²) in [6, 6.07) is 14.5. The van der Waals surface area contributed by atoms with Crippen LogP contribution in [0.4, 0.5) is 0 Å². The number of hydrogen-bond acceptors (Lipinski definition) is 2. The molecule has 2 N–H and O–H groups in total. The van der Waals surface area contributed by atoms with Crippen molar-refractivity contribution in [2.45, 2.75) is 13.1 Å². The van der Waals surface area contributed by atoms with Crippen LogP contribution in [-0.2, 0) is 13.1 Å². The third kappa shape index (κ3) is 3.89. The Bertz CT molecular complexity index is 477. The van der Waals surface area contributed by atoms with E-state index in [9.17, 15) is 0 Å². The molecular formula is C14H17N3S. The zero-order chi connectivity index (χ0) is 12.6. The van der Waals surface area contributed by atoms with Gasteiger partial charge in [-0.1, -0.05) is 36.4 Å². The first-order valence-corrected chi connectivity index (χ1v) is 6.77. The molecule has 0 radical (unpaired) electrons. The zero-order valence-electron chi connectivity index (χ0n) is 10.4. The molecule has 0 fully saturated rings. The topological polar surface area (TPSA) is 36.4 Å². The summed E-state index contributed by atoms with van der Waals surface area (Å²) in [6.07, 6.45) is 0. The molecule has 0 atom stereocenters. The van der Waals surface area contributed by atoms with Crippen molar-refractivity contribution in [3.8, 4) is 0 Å². The summed E-state index contributed by atoms with van der Waals surface area (Å²) >= 11 is 1.74. The molecule has 94 valence electrons. The van der Waals surface area contributed by atoms with Crippen LogP contribution in [-0.4, -0.2) is 13.0 Å². The highest BCUT2D eigenvalue weighted by atomic mass is 32.1. The molecule has 2 rings (SSSR count). The molecule has 1 aromatic carbocycles. The highest BCUT2D eigenvalue weighted by molar-refractivity contribution is 7.09. The van der Waals surface area contributed by atoms with Crippen molar-refractivity contribution in [3.05, 3.63) is 58.3 Å². The number of benzene rings is 1. The first kappa shape index (κ1) is 12.6. The molecule has 0 spiro atoms. The Morgan fingerprint density at radius 1 is 1.06 bits per heavy atom. The molecule has 0 aliphatic rings. The van der Waals surface area contributed by atoms with Gasteiger partial charge in [-0.15, -0.1) is 11.3 Å². The average Bonchev–Trinajstić information content (AvgIpc) is 2.93. The second-order valence-corrected chi connectivity index (χ2v) is 4.88. The van der Waals surface area contributed by atoms with E-state index in [1.54, 1.807) is 18.4 Å². The molecule has 18 heavy (non-hydrogen) atoms. The number of rotatable bonds is 4. The van der Waals surface area contributed by atoms with Crippen molar-refractivity contribution in [1.29, 1.82) is 0 Å². The number of nitrogens with zero attached hydrogens (tertiary/aromatic N) is 1. The predicted octanol–water partition coefficient (Wildman–Crippen LogP) is 2.61. The van der Waals surface area contributed by atoms with Crippen LogP contribution >= 0.6 is 11.3 Å². The SMILES string of the molecule is CN=C(NCc1ccccc1)NCc1cccs1. The van der Waals surface area contributed by atoms with E-state index in [2.05, 4.69) is 45.3 Å². The number of hydrogen-bond donors (Lipinski definition) is 2. The van der Waals surface area contributed by atoms with Gasteiger partial charge in [0.2, 0.25) is 0 Å². The molecule has 0 saturated carbocycles. The lowest BCUT2D eigenvalue weighted by Crippen LogP contribution is -2.36. The fraction of sp³-hybridized carbons (Fsp3) is 0.214. The third-order valence-electron chi connectivity index (χ3n) is 2.54. The Kier molecular flexibility index (Phi) is 4.78. The van der Waals surface area contributed by atoms with E-state index in [0.29, 0.717) is 0 Å². The molecule has 1 aromatic heterocycles. The second-order valence-electron chi connectivity index (χ2n) is 3.84. The van der Waals surface area contributed by atoms with Crippen LogP contribution < -0.4 is 10.6 Å². The van der Waals surface area contributed by atoms with Crippen LogP contribution in [0, 0.1) is 0 Å². The van der Waals surface area contributed by atoms with Crippen molar-refractivity contribution in [3.63, 3.8) is 0 Å². The number of nitrogens with one attached hydrogen (secondary N) is 2. The Morgan fingerprint density at radius 3 is 2.50 bits per heavy atom. The standard InChI is InChI=1S/C14H17N3S/c1-15-14(17-11-13-8-5-9-18-13)16-10-12-6-3-2-4-7-12/h2-9H,10-11H2,1H3,(H2,15,16,17). The second kappa shape index (κ2) is 6.81. The van der Waals surface area contributed by atoms with Crippen LogP contribution in [0.3, 0.4) is 0 Å². The first-order valence-electron chi connectivity index (χ1n) is 5.89.